The SMILES string of the molecule is COC.Cc1cc(C2CC2)cnc1N1CCN(C(=O)c2ccc(N3CCOC3=O)cc2C#N)CC1.O=Cc1ccccc1. The minimum atomic E-state index is -0.432. The van der Waals surface area contributed by atoms with Crippen molar-refractivity contribution in [3.63, 3.8) is 0 Å². The highest BCUT2D eigenvalue weighted by molar-refractivity contribution is 5.98. The topological polar surface area (TPSA) is 116 Å². The lowest BCUT2D eigenvalue weighted by Crippen LogP contribution is -2.49. The van der Waals surface area contributed by atoms with Crippen LogP contribution in [0, 0.1) is 18.3 Å². The number of piperazine rings is 1. The van der Waals surface area contributed by atoms with E-state index < -0.39 is 6.09 Å². The molecule has 3 heterocycles. The number of amides is 2. The lowest BCUT2D eigenvalue weighted by molar-refractivity contribution is 0.0746. The van der Waals surface area contributed by atoms with Crippen LogP contribution >= 0.6 is 0 Å². The Balaban J connectivity index is 0.000000327. The van der Waals surface area contributed by atoms with Gasteiger partial charge in [0, 0.05) is 57.8 Å². The van der Waals surface area contributed by atoms with Crippen LogP contribution in [0.4, 0.5) is 16.3 Å². The van der Waals surface area contributed by atoms with Gasteiger partial charge < -0.3 is 19.3 Å². The summed E-state index contributed by atoms with van der Waals surface area (Å²) in [5.41, 5.74) is 4.43. The molecule has 0 bridgehead atoms. The molecule has 2 saturated heterocycles. The van der Waals surface area contributed by atoms with Crippen LogP contribution in [0.1, 0.15) is 56.2 Å². The molecule has 3 aliphatic rings. The van der Waals surface area contributed by atoms with Crippen molar-refractivity contribution in [2.75, 3.05) is 63.4 Å². The zero-order valence-electron chi connectivity index (χ0n) is 24.9. The van der Waals surface area contributed by atoms with Crippen LogP contribution in [0.5, 0.6) is 0 Å². The molecule has 0 unspecified atom stereocenters. The highest BCUT2D eigenvalue weighted by Gasteiger charge is 2.29. The maximum absolute atomic E-state index is 13.1. The van der Waals surface area contributed by atoms with Gasteiger partial charge in [0.1, 0.15) is 24.8 Å². The first-order valence-corrected chi connectivity index (χ1v) is 14.3. The van der Waals surface area contributed by atoms with Gasteiger partial charge in [-0.2, -0.15) is 5.26 Å². The fourth-order valence-electron chi connectivity index (χ4n) is 4.99. The predicted molar refractivity (Wildman–Crippen MR) is 164 cm³/mol. The predicted octanol–water partition coefficient (Wildman–Crippen LogP) is 4.82. The van der Waals surface area contributed by atoms with Gasteiger partial charge in [0.2, 0.25) is 0 Å². The van der Waals surface area contributed by atoms with Crippen LogP contribution in [0.2, 0.25) is 0 Å². The maximum Gasteiger partial charge on any atom is 0.414 e. The Morgan fingerprint density at radius 2 is 1.74 bits per heavy atom. The number of pyridine rings is 1. The van der Waals surface area contributed by atoms with Crippen molar-refractivity contribution in [2.24, 2.45) is 0 Å². The number of aryl methyl sites for hydroxylation is 1. The summed E-state index contributed by atoms with van der Waals surface area (Å²) in [7, 11) is 3.25. The lowest BCUT2D eigenvalue weighted by atomic mass is 10.0. The van der Waals surface area contributed by atoms with Crippen LogP contribution in [0.25, 0.3) is 0 Å². The first kappa shape index (κ1) is 31.2. The highest BCUT2D eigenvalue weighted by atomic mass is 16.6. The third kappa shape index (κ3) is 7.96. The van der Waals surface area contributed by atoms with Gasteiger partial charge in [-0.25, -0.2) is 9.78 Å². The molecule has 3 aromatic rings. The molecular formula is C33H37N5O5. The number of carbonyl (C=O) groups excluding carboxylic acids is 3. The standard InChI is InChI=1S/C24H25N5O3.C7H6O.C2H6O/c1-16-12-19(17-2-3-17)15-26-22(16)27-6-8-28(9-7-27)23(30)21-5-4-20(13-18(21)14-25)29-10-11-32-24(29)31;8-6-7-4-2-1-3-5-7;1-3-2/h4-5,12-13,15,17H,2-3,6-11H2,1H3;1-6H;1-2H3. The largest absolute Gasteiger partial charge is 0.447 e. The first-order chi connectivity index (χ1) is 20.9. The molecule has 2 aromatic carbocycles. The average molecular weight is 584 g/mol. The molecule has 0 radical (unpaired) electrons. The van der Waals surface area contributed by atoms with Gasteiger partial charge in [0.15, 0.2) is 0 Å². The number of nitrogens with zero attached hydrogens (tertiary/aromatic N) is 5. The molecule has 224 valence electrons. The lowest BCUT2D eigenvalue weighted by Gasteiger charge is -2.36. The molecule has 1 saturated carbocycles. The van der Waals surface area contributed by atoms with E-state index in [9.17, 15) is 19.6 Å². The Kier molecular flexibility index (Phi) is 10.8. The number of carbonyl (C=O) groups is 3. The monoisotopic (exact) mass is 583 g/mol. The summed E-state index contributed by atoms with van der Waals surface area (Å²) in [6.45, 7) is 5.38. The van der Waals surface area contributed by atoms with Crippen LogP contribution in [-0.4, -0.2) is 81.7 Å². The van der Waals surface area contributed by atoms with Crippen LogP contribution in [0.3, 0.4) is 0 Å². The van der Waals surface area contributed by atoms with E-state index in [2.05, 4.69) is 28.7 Å². The Hall–Kier alpha value is -4.75. The van der Waals surface area contributed by atoms with E-state index in [0.717, 1.165) is 17.7 Å². The summed E-state index contributed by atoms with van der Waals surface area (Å²) < 4.78 is 9.21. The van der Waals surface area contributed by atoms with E-state index in [4.69, 9.17) is 9.72 Å². The second-order valence-electron chi connectivity index (χ2n) is 10.5. The van der Waals surface area contributed by atoms with E-state index >= 15 is 0 Å². The molecular weight excluding hydrogens is 546 g/mol. The third-order valence-corrected chi connectivity index (χ3v) is 7.35. The van der Waals surface area contributed by atoms with Crippen LogP contribution in [0.15, 0.2) is 60.8 Å². The number of anilines is 2. The van der Waals surface area contributed by atoms with E-state index in [1.165, 1.54) is 28.9 Å². The summed E-state index contributed by atoms with van der Waals surface area (Å²) in [6, 6.07) is 18.4. The van der Waals surface area contributed by atoms with Gasteiger partial charge in [-0.3, -0.25) is 14.5 Å². The van der Waals surface area contributed by atoms with Gasteiger partial charge in [0.05, 0.1) is 17.7 Å². The molecule has 0 atom stereocenters. The Morgan fingerprint density at radius 1 is 1.05 bits per heavy atom. The number of aromatic nitrogens is 1. The number of hydrogen-bond donors (Lipinski definition) is 0. The summed E-state index contributed by atoms with van der Waals surface area (Å²) in [4.78, 5) is 45.1. The number of benzene rings is 2. The molecule has 1 aromatic heterocycles. The summed E-state index contributed by atoms with van der Waals surface area (Å²) >= 11 is 0. The van der Waals surface area contributed by atoms with Crippen molar-refractivity contribution in [3.05, 3.63) is 88.6 Å². The molecule has 6 rings (SSSR count). The molecule has 43 heavy (non-hydrogen) atoms. The number of methoxy groups -OCH3 is 1. The second-order valence-corrected chi connectivity index (χ2v) is 10.5. The Morgan fingerprint density at radius 3 is 2.28 bits per heavy atom. The Labute approximate surface area is 252 Å². The third-order valence-electron chi connectivity index (χ3n) is 7.35. The summed E-state index contributed by atoms with van der Waals surface area (Å²) in [5, 5.41) is 9.61. The smallest absolute Gasteiger partial charge is 0.414 e. The van der Waals surface area contributed by atoms with E-state index in [1.54, 1.807) is 49.5 Å². The van der Waals surface area contributed by atoms with E-state index in [0.29, 0.717) is 56.5 Å². The first-order valence-electron chi connectivity index (χ1n) is 14.3. The molecule has 0 spiro atoms. The molecule has 10 nitrogen and oxygen atoms in total. The Bertz CT molecular complexity index is 1460. The summed E-state index contributed by atoms with van der Waals surface area (Å²) in [5.74, 6) is 1.51. The zero-order valence-corrected chi connectivity index (χ0v) is 24.9. The molecule has 2 aliphatic heterocycles. The van der Waals surface area contributed by atoms with Crippen LogP contribution in [-0.2, 0) is 9.47 Å². The van der Waals surface area contributed by atoms with Gasteiger partial charge in [0.25, 0.3) is 5.91 Å². The van der Waals surface area contributed by atoms with E-state index in [1.807, 2.05) is 24.4 Å². The zero-order chi connectivity index (χ0) is 30.8. The number of hydrogen-bond acceptors (Lipinski definition) is 8. The summed E-state index contributed by atoms with van der Waals surface area (Å²) in [6.07, 6.45) is 4.91. The quantitative estimate of drug-likeness (QED) is 0.393. The normalized spacial score (nSPS) is 15.8. The number of cyclic esters (lactones) is 1. The number of nitriles is 1. The van der Waals surface area contributed by atoms with Crippen molar-refractivity contribution >= 4 is 29.8 Å². The minimum Gasteiger partial charge on any atom is -0.447 e. The molecule has 1 aliphatic carbocycles. The van der Waals surface area contributed by atoms with Gasteiger partial charge in [-0.1, -0.05) is 36.4 Å². The van der Waals surface area contributed by atoms with Crippen LogP contribution < -0.4 is 9.80 Å². The average Bonchev–Trinajstić information content (AvgIpc) is 3.81. The highest BCUT2D eigenvalue weighted by Crippen LogP contribution is 2.40. The number of rotatable bonds is 5. The fourth-order valence-corrected chi connectivity index (χ4v) is 4.99. The molecule has 3 fully saturated rings. The fraction of sp³-hybridized carbons (Fsp3) is 0.364. The molecule has 0 N–H and O–H groups in total. The van der Waals surface area contributed by atoms with Crippen molar-refractivity contribution in [2.45, 2.75) is 25.7 Å². The molecule has 10 heteroatoms. The molecule has 2 amide bonds. The van der Waals surface area contributed by atoms with Crippen molar-refractivity contribution in [3.8, 4) is 6.07 Å². The van der Waals surface area contributed by atoms with Crippen molar-refractivity contribution < 1.29 is 23.9 Å². The number of aldehydes is 1. The number of ether oxygens (including phenoxy) is 2. The second kappa shape index (κ2) is 14.9. The minimum absolute atomic E-state index is 0.162. The van der Waals surface area contributed by atoms with E-state index in [-0.39, 0.29) is 11.5 Å². The van der Waals surface area contributed by atoms with Gasteiger partial charge in [-0.15, -0.1) is 0 Å². The van der Waals surface area contributed by atoms with Crippen molar-refractivity contribution in [1.82, 2.24) is 9.88 Å². The van der Waals surface area contributed by atoms with Gasteiger partial charge >= 0.3 is 6.09 Å². The maximum atomic E-state index is 13.1. The van der Waals surface area contributed by atoms with Gasteiger partial charge in [-0.05, 0) is 55.0 Å². The van der Waals surface area contributed by atoms with Crippen molar-refractivity contribution in [1.29, 1.82) is 5.26 Å².